The summed E-state index contributed by atoms with van der Waals surface area (Å²) in [5.41, 5.74) is -0.317. The minimum Gasteiger partial charge on any atom is -0.460 e. The fourth-order valence-electron chi connectivity index (χ4n) is 1.79. The maximum Gasteiger partial charge on any atom is 0.306 e. The largest absolute Gasteiger partial charge is 0.460 e. The van der Waals surface area contributed by atoms with E-state index in [9.17, 15) is 4.79 Å². The Labute approximate surface area is 94.4 Å². The lowest BCUT2D eigenvalue weighted by Crippen LogP contribution is -2.29. The number of rotatable bonds is 6. The summed E-state index contributed by atoms with van der Waals surface area (Å²) >= 11 is 0. The van der Waals surface area contributed by atoms with Gasteiger partial charge in [0.1, 0.15) is 5.60 Å². The topological polar surface area (TPSA) is 26.3 Å². The van der Waals surface area contributed by atoms with Crippen LogP contribution in [0.5, 0.6) is 0 Å². The molecule has 0 aromatic carbocycles. The van der Waals surface area contributed by atoms with Crippen LogP contribution in [0, 0.1) is 11.8 Å². The molecule has 0 saturated heterocycles. The van der Waals surface area contributed by atoms with Crippen molar-refractivity contribution in [2.24, 2.45) is 11.8 Å². The Balaban J connectivity index is 3.93. The number of hydrogen-bond donors (Lipinski definition) is 0. The van der Waals surface area contributed by atoms with Gasteiger partial charge in [-0.25, -0.2) is 0 Å². The van der Waals surface area contributed by atoms with Crippen LogP contribution in [0.1, 0.15) is 60.8 Å². The molecule has 0 aliphatic rings. The van der Waals surface area contributed by atoms with Crippen molar-refractivity contribution in [3.63, 3.8) is 0 Å². The lowest BCUT2D eigenvalue weighted by atomic mass is 9.96. The van der Waals surface area contributed by atoms with E-state index in [-0.39, 0.29) is 11.6 Å². The van der Waals surface area contributed by atoms with Crippen molar-refractivity contribution in [3.05, 3.63) is 0 Å². The number of ether oxygens (including phenoxy) is 1. The zero-order chi connectivity index (χ0) is 12.1. The third-order valence-electron chi connectivity index (χ3n) is 2.22. The van der Waals surface area contributed by atoms with Crippen LogP contribution in [0.4, 0.5) is 0 Å². The molecule has 0 amide bonds. The molecule has 0 aliphatic carbocycles. The predicted octanol–water partition coefficient (Wildman–Crippen LogP) is 3.79. The van der Waals surface area contributed by atoms with Crippen molar-refractivity contribution in [1.29, 1.82) is 0 Å². The fourth-order valence-corrected chi connectivity index (χ4v) is 1.79. The molecule has 0 heterocycles. The number of esters is 1. The highest BCUT2D eigenvalue weighted by molar-refractivity contribution is 5.69. The molecule has 0 unspecified atom stereocenters. The van der Waals surface area contributed by atoms with Crippen LogP contribution < -0.4 is 0 Å². The van der Waals surface area contributed by atoms with Crippen LogP contribution in [0.25, 0.3) is 0 Å². The van der Waals surface area contributed by atoms with Crippen LogP contribution in [-0.2, 0) is 9.53 Å². The van der Waals surface area contributed by atoms with Crippen LogP contribution in [0.2, 0.25) is 0 Å². The second-order valence-electron chi connectivity index (χ2n) is 5.76. The summed E-state index contributed by atoms with van der Waals surface area (Å²) < 4.78 is 5.46. The smallest absolute Gasteiger partial charge is 0.306 e. The molecule has 0 bridgehead atoms. The van der Waals surface area contributed by atoms with Crippen LogP contribution in [-0.4, -0.2) is 11.6 Å². The lowest BCUT2D eigenvalue weighted by molar-refractivity contribution is -0.158. The molecule has 0 fully saturated rings. The first-order valence-electron chi connectivity index (χ1n) is 5.95. The average Bonchev–Trinajstić information content (AvgIpc) is 1.96. The van der Waals surface area contributed by atoms with Crippen molar-refractivity contribution in [2.45, 2.75) is 66.4 Å². The van der Waals surface area contributed by atoms with Gasteiger partial charge in [-0.05, 0) is 38.5 Å². The first-order chi connectivity index (χ1) is 6.73. The van der Waals surface area contributed by atoms with Gasteiger partial charge in [0.05, 0.1) is 0 Å². The standard InChI is InChI=1S/C13H26O2/c1-10(2)7-8-12(14)15-13(5,6)9-11(3)4/h10-11H,7-9H2,1-6H3. The zero-order valence-corrected chi connectivity index (χ0v) is 11.1. The second kappa shape index (κ2) is 6.14. The van der Waals surface area contributed by atoms with E-state index in [0.717, 1.165) is 12.8 Å². The van der Waals surface area contributed by atoms with Crippen molar-refractivity contribution in [2.75, 3.05) is 0 Å². The first-order valence-corrected chi connectivity index (χ1v) is 5.95. The molecule has 0 atom stereocenters. The van der Waals surface area contributed by atoms with Crippen molar-refractivity contribution >= 4 is 5.97 Å². The lowest BCUT2D eigenvalue weighted by Gasteiger charge is -2.27. The minimum atomic E-state index is -0.317. The molecular weight excluding hydrogens is 188 g/mol. The molecule has 2 heteroatoms. The Kier molecular flexibility index (Phi) is 5.92. The third kappa shape index (κ3) is 8.46. The molecule has 0 radical (unpaired) electrons. The molecule has 2 nitrogen and oxygen atoms in total. The van der Waals surface area contributed by atoms with Crippen LogP contribution in [0.15, 0.2) is 0 Å². The molecule has 0 aromatic rings. The summed E-state index contributed by atoms with van der Waals surface area (Å²) in [7, 11) is 0. The first kappa shape index (κ1) is 14.5. The van der Waals surface area contributed by atoms with Crippen molar-refractivity contribution in [3.8, 4) is 0 Å². The van der Waals surface area contributed by atoms with E-state index in [4.69, 9.17) is 4.74 Å². The van der Waals surface area contributed by atoms with Gasteiger partial charge in [0, 0.05) is 6.42 Å². The van der Waals surface area contributed by atoms with E-state index in [0.29, 0.717) is 18.3 Å². The van der Waals surface area contributed by atoms with Gasteiger partial charge < -0.3 is 4.74 Å². The molecule has 0 saturated carbocycles. The summed E-state index contributed by atoms with van der Waals surface area (Å²) in [6, 6.07) is 0. The Morgan fingerprint density at radius 2 is 1.67 bits per heavy atom. The summed E-state index contributed by atoms with van der Waals surface area (Å²) in [4.78, 5) is 11.5. The summed E-state index contributed by atoms with van der Waals surface area (Å²) in [6.07, 6.45) is 2.37. The molecular formula is C13H26O2. The average molecular weight is 214 g/mol. The van der Waals surface area contributed by atoms with E-state index in [2.05, 4.69) is 27.7 Å². The number of hydrogen-bond acceptors (Lipinski definition) is 2. The monoisotopic (exact) mass is 214 g/mol. The van der Waals surface area contributed by atoms with E-state index >= 15 is 0 Å². The molecule has 90 valence electrons. The highest BCUT2D eigenvalue weighted by Crippen LogP contribution is 2.21. The molecule has 0 aliphatic heterocycles. The van der Waals surface area contributed by atoms with Crippen molar-refractivity contribution < 1.29 is 9.53 Å². The van der Waals surface area contributed by atoms with E-state index in [1.54, 1.807) is 0 Å². The fraction of sp³-hybridized carbons (Fsp3) is 0.923. The van der Waals surface area contributed by atoms with Gasteiger partial charge in [-0.2, -0.15) is 0 Å². The van der Waals surface area contributed by atoms with Gasteiger partial charge in [0.25, 0.3) is 0 Å². The predicted molar refractivity (Wildman–Crippen MR) is 63.7 cm³/mol. The molecule has 0 spiro atoms. The summed E-state index contributed by atoms with van der Waals surface area (Å²) in [5.74, 6) is 1.05. The van der Waals surface area contributed by atoms with Crippen molar-refractivity contribution in [1.82, 2.24) is 0 Å². The second-order valence-corrected chi connectivity index (χ2v) is 5.76. The maximum atomic E-state index is 11.5. The van der Waals surface area contributed by atoms with Gasteiger partial charge >= 0.3 is 5.97 Å². The molecule has 15 heavy (non-hydrogen) atoms. The Morgan fingerprint density at radius 1 is 1.13 bits per heavy atom. The Morgan fingerprint density at radius 3 is 2.07 bits per heavy atom. The Hall–Kier alpha value is -0.530. The van der Waals surface area contributed by atoms with Gasteiger partial charge in [-0.3, -0.25) is 4.79 Å². The highest BCUT2D eigenvalue weighted by atomic mass is 16.6. The third-order valence-corrected chi connectivity index (χ3v) is 2.22. The molecule has 0 N–H and O–H groups in total. The molecule has 0 rings (SSSR count). The summed E-state index contributed by atoms with van der Waals surface area (Å²) in [6.45, 7) is 12.5. The number of carbonyl (C=O) groups excluding carboxylic acids is 1. The van der Waals surface area contributed by atoms with E-state index in [1.807, 2.05) is 13.8 Å². The van der Waals surface area contributed by atoms with Gasteiger partial charge in [0.15, 0.2) is 0 Å². The van der Waals surface area contributed by atoms with Gasteiger partial charge in [-0.1, -0.05) is 27.7 Å². The molecule has 0 aromatic heterocycles. The van der Waals surface area contributed by atoms with Gasteiger partial charge in [-0.15, -0.1) is 0 Å². The Bertz CT molecular complexity index is 193. The highest BCUT2D eigenvalue weighted by Gasteiger charge is 2.23. The zero-order valence-electron chi connectivity index (χ0n) is 11.1. The van der Waals surface area contributed by atoms with Gasteiger partial charge in [0.2, 0.25) is 0 Å². The maximum absolute atomic E-state index is 11.5. The summed E-state index contributed by atoms with van der Waals surface area (Å²) in [5, 5.41) is 0. The van der Waals surface area contributed by atoms with E-state index in [1.165, 1.54) is 0 Å². The normalized spacial score (nSPS) is 12.3. The van der Waals surface area contributed by atoms with Crippen LogP contribution >= 0.6 is 0 Å². The SMILES string of the molecule is CC(C)CCC(=O)OC(C)(C)CC(C)C. The minimum absolute atomic E-state index is 0.0608. The quantitative estimate of drug-likeness (QED) is 0.629. The number of carbonyl (C=O) groups is 1. The van der Waals surface area contributed by atoms with Crippen LogP contribution in [0.3, 0.4) is 0 Å². The van der Waals surface area contributed by atoms with E-state index < -0.39 is 0 Å².